The predicted octanol–water partition coefficient (Wildman–Crippen LogP) is 4.21. The van der Waals surface area contributed by atoms with Crippen LogP contribution in [0.4, 0.5) is 0 Å². The Bertz CT molecular complexity index is 429. The molecule has 0 unspecified atom stereocenters. The summed E-state index contributed by atoms with van der Waals surface area (Å²) >= 11 is 0. The molecule has 1 aromatic carbocycles. The summed E-state index contributed by atoms with van der Waals surface area (Å²) < 4.78 is 4.70. The van der Waals surface area contributed by atoms with Gasteiger partial charge in [0.2, 0.25) is 0 Å². The zero-order chi connectivity index (χ0) is 12.8. The smallest absolute Gasteiger partial charge is 0.337 e. The second-order valence-electron chi connectivity index (χ2n) is 4.75. The molecule has 2 heteroatoms. The van der Waals surface area contributed by atoms with Crippen molar-refractivity contribution >= 4 is 11.5 Å². The van der Waals surface area contributed by atoms with Crippen LogP contribution in [-0.4, -0.2) is 13.1 Å². The van der Waals surface area contributed by atoms with Gasteiger partial charge in [0.15, 0.2) is 0 Å². The standard InChI is InChI=1S/C16H20O2/c1-18-16(17)15-11-9-14(10-12-15)13-7-5-3-2-4-6-8-13/h7,9-12H,2-6,8H2,1H3/b13-7+. The second kappa shape index (κ2) is 6.39. The molecule has 0 fully saturated rings. The van der Waals surface area contributed by atoms with Gasteiger partial charge < -0.3 is 4.74 Å². The first-order valence-electron chi connectivity index (χ1n) is 6.69. The molecule has 0 heterocycles. The fourth-order valence-electron chi connectivity index (χ4n) is 2.39. The second-order valence-corrected chi connectivity index (χ2v) is 4.75. The monoisotopic (exact) mass is 244 g/mol. The van der Waals surface area contributed by atoms with Crippen molar-refractivity contribution in [2.24, 2.45) is 0 Å². The van der Waals surface area contributed by atoms with Crippen molar-refractivity contribution in [2.75, 3.05) is 7.11 Å². The Morgan fingerprint density at radius 1 is 1.06 bits per heavy atom. The van der Waals surface area contributed by atoms with Gasteiger partial charge in [0, 0.05) is 0 Å². The van der Waals surface area contributed by atoms with Gasteiger partial charge in [-0.2, -0.15) is 0 Å². The Hall–Kier alpha value is -1.57. The minimum Gasteiger partial charge on any atom is -0.465 e. The highest BCUT2D eigenvalue weighted by Gasteiger charge is 2.07. The maximum Gasteiger partial charge on any atom is 0.337 e. The number of rotatable bonds is 2. The highest BCUT2D eigenvalue weighted by molar-refractivity contribution is 5.89. The number of hydrogen-bond donors (Lipinski definition) is 0. The average Bonchev–Trinajstić information content (AvgIpc) is 2.38. The first-order chi connectivity index (χ1) is 8.81. The molecule has 0 N–H and O–H groups in total. The van der Waals surface area contributed by atoms with Gasteiger partial charge in [0.1, 0.15) is 0 Å². The molecule has 1 aromatic rings. The van der Waals surface area contributed by atoms with Gasteiger partial charge in [-0.25, -0.2) is 4.79 Å². The summed E-state index contributed by atoms with van der Waals surface area (Å²) in [4.78, 5) is 11.4. The van der Waals surface area contributed by atoms with E-state index in [2.05, 4.69) is 6.08 Å². The van der Waals surface area contributed by atoms with Gasteiger partial charge in [0.05, 0.1) is 12.7 Å². The van der Waals surface area contributed by atoms with E-state index in [4.69, 9.17) is 4.74 Å². The lowest BCUT2D eigenvalue weighted by molar-refractivity contribution is 0.0601. The van der Waals surface area contributed by atoms with Crippen LogP contribution in [0.25, 0.3) is 5.57 Å². The molecule has 1 aliphatic rings. The van der Waals surface area contributed by atoms with Gasteiger partial charge in [0.25, 0.3) is 0 Å². The van der Waals surface area contributed by atoms with Crippen LogP contribution < -0.4 is 0 Å². The molecular formula is C16H20O2. The Morgan fingerprint density at radius 2 is 1.78 bits per heavy atom. The maximum atomic E-state index is 11.4. The van der Waals surface area contributed by atoms with E-state index in [1.807, 2.05) is 24.3 Å². The molecule has 0 aliphatic heterocycles. The first kappa shape index (κ1) is 12.9. The molecule has 0 atom stereocenters. The molecule has 0 radical (unpaired) electrons. The van der Waals surface area contributed by atoms with Gasteiger partial charge in [-0.3, -0.25) is 0 Å². The van der Waals surface area contributed by atoms with E-state index in [9.17, 15) is 4.79 Å². The zero-order valence-corrected chi connectivity index (χ0v) is 10.9. The molecule has 0 saturated heterocycles. The highest BCUT2D eigenvalue weighted by atomic mass is 16.5. The Kier molecular flexibility index (Phi) is 4.57. The molecule has 0 amide bonds. The molecular weight excluding hydrogens is 224 g/mol. The number of carbonyl (C=O) groups is 1. The largest absolute Gasteiger partial charge is 0.465 e. The SMILES string of the molecule is COC(=O)c1ccc(/C2=C/CCCCCC2)cc1. The van der Waals surface area contributed by atoms with Gasteiger partial charge in [-0.1, -0.05) is 31.1 Å². The Balaban J connectivity index is 2.15. The van der Waals surface area contributed by atoms with Crippen LogP contribution in [0.2, 0.25) is 0 Å². The third-order valence-corrected chi connectivity index (χ3v) is 3.47. The minimum atomic E-state index is -0.270. The van der Waals surface area contributed by atoms with Gasteiger partial charge >= 0.3 is 5.97 Å². The van der Waals surface area contributed by atoms with Crippen LogP contribution in [-0.2, 0) is 4.74 Å². The molecule has 0 saturated carbocycles. The van der Waals surface area contributed by atoms with E-state index >= 15 is 0 Å². The van der Waals surface area contributed by atoms with E-state index < -0.39 is 0 Å². The number of ether oxygens (including phenoxy) is 1. The van der Waals surface area contributed by atoms with Crippen molar-refractivity contribution in [2.45, 2.75) is 38.5 Å². The summed E-state index contributed by atoms with van der Waals surface area (Å²) in [6.07, 6.45) is 9.93. The normalized spacial score (nSPS) is 19.3. The lowest BCUT2D eigenvalue weighted by Gasteiger charge is -2.12. The van der Waals surface area contributed by atoms with Crippen LogP contribution in [0, 0.1) is 0 Å². The molecule has 2 nitrogen and oxygen atoms in total. The average molecular weight is 244 g/mol. The summed E-state index contributed by atoms with van der Waals surface area (Å²) in [5.41, 5.74) is 3.28. The number of benzene rings is 1. The van der Waals surface area contributed by atoms with E-state index in [-0.39, 0.29) is 5.97 Å². The number of hydrogen-bond acceptors (Lipinski definition) is 2. The van der Waals surface area contributed by atoms with Crippen molar-refractivity contribution < 1.29 is 9.53 Å². The predicted molar refractivity (Wildman–Crippen MR) is 73.5 cm³/mol. The van der Waals surface area contributed by atoms with Crippen LogP contribution in [0.15, 0.2) is 30.3 Å². The molecule has 18 heavy (non-hydrogen) atoms. The van der Waals surface area contributed by atoms with Crippen LogP contribution in [0.1, 0.15) is 54.4 Å². The molecule has 1 aliphatic carbocycles. The zero-order valence-electron chi connectivity index (χ0n) is 10.9. The number of carbonyl (C=O) groups excluding carboxylic acids is 1. The molecule has 96 valence electrons. The van der Waals surface area contributed by atoms with Crippen molar-refractivity contribution in [3.63, 3.8) is 0 Å². The van der Waals surface area contributed by atoms with Crippen LogP contribution in [0.5, 0.6) is 0 Å². The van der Waals surface area contributed by atoms with Crippen LogP contribution >= 0.6 is 0 Å². The molecule has 2 rings (SSSR count). The van der Waals surface area contributed by atoms with Crippen molar-refractivity contribution in [3.8, 4) is 0 Å². The number of allylic oxidation sites excluding steroid dienone is 2. The minimum absolute atomic E-state index is 0.270. The summed E-state index contributed by atoms with van der Waals surface area (Å²) in [5, 5.41) is 0. The molecule has 0 spiro atoms. The summed E-state index contributed by atoms with van der Waals surface area (Å²) in [5.74, 6) is -0.270. The lowest BCUT2D eigenvalue weighted by Crippen LogP contribution is -2.01. The van der Waals surface area contributed by atoms with Gasteiger partial charge in [-0.15, -0.1) is 0 Å². The van der Waals surface area contributed by atoms with Crippen molar-refractivity contribution in [3.05, 3.63) is 41.5 Å². The highest BCUT2D eigenvalue weighted by Crippen LogP contribution is 2.25. The lowest BCUT2D eigenvalue weighted by atomic mass is 9.94. The Morgan fingerprint density at radius 3 is 2.50 bits per heavy atom. The molecule has 0 aromatic heterocycles. The first-order valence-corrected chi connectivity index (χ1v) is 6.69. The fraction of sp³-hybridized carbons (Fsp3) is 0.438. The van der Waals surface area contributed by atoms with E-state index in [0.29, 0.717) is 5.56 Å². The molecule has 0 bridgehead atoms. The van der Waals surface area contributed by atoms with Crippen molar-refractivity contribution in [1.29, 1.82) is 0 Å². The summed E-state index contributed by atoms with van der Waals surface area (Å²) in [7, 11) is 1.41. The van der Waals surface area contributed by atoms with Crippen molar-refractivity contribution in [1.82, 2.24) is 0 Å². The van der Waals surface area contributed by atoms with E-state index in [1.54, 1.807) is 0 Å². The summed E-state index contributed by atoms with van der Waals surface area (Å²) in [6.45, 7) is 0. The Labute approximate surface area is 109 Å². The third-order valence-electron chi connectivity index (χ3n) is 3.47. The van der Waals surface area contributed by atoms with E-state index in [0.717, 1.165) is 6.42 Å². The van der Waals surface area contributed by atoms with E-state index in [1.165, 1.54) is 50.4 Å². The number of esters is 1. The van der Waals surface area contributed by atoms with Crippen LogP contribution in [0.3, 0.4) is 0 Å². The van der Waals surface area contributed by atoms with Gasteiger partial charge in [-0.05, 0) is 49.0 Å². The topological polar surface area (TPSA) is 26.3 Å². The third kappa shape index (κ3) is 3.22. The maximum absolute atomic E-state index is 11.4. The number of methoxy groups -OCH3 is 1. The quantitative estimate of drug-likeness (QED) is 0.728. The fourth-order valence-corrected chi connectivity index (χ4v) is 2.39. The summed E-state index contributed by atoms with van der Waals surface area (Å²) in [6, 6.07) is 7.75.